The zero-order chi connectivity index (χ0) is 15.6. The standard InChI is InChI=1S/C18H22N2O/c1-12-5-9-16(10-6-12)20-18(4,17(19)21)15-8-7-13(2)14(3)11-15/h5-11,20H,1-4H3,(H2,19,21). The van der Waals surface area contributed by atoms with E-state index in [9.17, 15) is 4.79 Å². The van der Waals surface area contributed by atoms with Crippen LogP contribution in [0.4, 0.5) is 5.69 Å². The van der Waals surface area contributed by atoms with Crippen molar-refractivity contribution in [2.45, 2.75) is 33.2 Å². The van der Waals surface area contributed by atoms with Crippen LogP contribution in [-0.2, 0) is 10.3 Å². The van der Waals surface area contributed by atoms with Crippen molar-refractivity contribution in [3.63, 3.8) is 0 Å². The number of amides is 1. The Morgan fingerprint density at radius 2 is 1.62 bits per heavy atom. The van der Waals surface area contributed by atoms with E-state index in [1.54, 1.807) is 0 Å². The van der Waals surface area contributed by atoms with Crippen LogP contribution in [0, 0.1) is 20.8 Å². The van der Waals surface area contributed by atoms with Gasteiger partial charge in [-0.25, -0.2) is 0 Å². The molecule has 3 heteroatoms. The highest BCUT2D eigenvalue weighted by atomic mass is 16.1. The van der Waals surface area contributed by atoms with Gasteiger partial charge in [-0.1, -0.05) is 35.9 Å². The Morgan fingerprint density at radius 3 is 2.14 bits per heavy atom. The van der Waals surface area contributed by atoms with Crippen molar-refractivity contribution in [2.24, 2.45) is 5.73 Å². The molecule has 0 heterocycles. The molecule has 0 radical (unpaired) electrons. The minimum absolute atomic E-state index is 0.397. The average Bonchev–Trinajstić information content (AvgIpc) is 2.44. The summed E-state index contributed by atoms with van der Waals surface area (Å²) in [6.45, 7) is 7.93. The summed E-state index contributed by atoms with van der Waals surface area (Å²) >= 11 is 0. The molecule has 1 unspecified atom stereocenters. The van der Waals surface area contributed by atoms with Gasteiger partial charge in [0.1, 0.15) is 5.54 Å². The minimum atomic E-state index is -0.937. The van der Waals surface area contributed by atoms with Crippen LogP contribution in [0.2, 0.25) is 0 Å². The lowest BCUT2D eigenvalue weighted by Gasteiger charge is -2.30. The van der Waals surface area contributed by atoms with Gasteiger partial charge in [-0.2, -0.15) is 0 Å². The van der Waals surface area contributed by atoms with Gasteiger partial charge >= 0.3 is 0 Å². The smallest absolute Gasteiger partial charge is 0.247 e. The lowest BCUT2D eigenvalue weighted by molar-refractivity contribution is -0.122. The Morgan fingerprint density at radius 1 is 1.00 bits per heavy atom. The largest absolute Gasteiger partial charge is 0.368 e. The highest BCUT2D eigenvalue weighted by Crippen LogP contribution is 2.27. The van der Waals surface area contributed by atoms with Crippen LogP contribution in [0.25, 0.3) is 0 Å². The molecule has 0 saturated heterocycles. The van der Waals surface area contributed by atoms with Crippen molar-refractivity contribution in [1.82, 2.24) is 0 Å². The first-order valence-electron chi connectivity index (χ1n) is 7.05. The predicted molar refractivity (Wildman–Crippen MR) is 87.3 cm³/mol. The number of rotatable bonds is 4. The zero-order valence-corrected chi connectivity index (χ0v) is 13.0. The SMILES string of the molecule is Cc1ccc(NC(C)(C(N)=O)c2ccc(C)c(C)c2)cc1. The molecular weight excluding hydrogens is 260 g/mol. The van der Waals surface area contributed by atoms with Gasteiger partial charge in [-0.3, -0.25) is 4.79 Å². The fourth-order valence-corrected chi connectivity index (χ4v) is 2.25. The molecular formula is C18H22N2O. The second kappa shape index (κ2) is 5.60. The fourth-order valence-electron chi connectivity index (χ4n) is 2.25. The normalized spacial score (nSPS) is 13.5. The second-order valence-corrected chi connectivity index (χ2v) is 5.78. The van der Waals surface area contributed by atoms with Crippen molar-refractivity contribution >= 4 is 11.6 Å². The average molecular weight is 282 g/mol. The molecule has 3 nitrogen and oxygen atoms in total. The number of hydrogen-bond donors (Lipinski definition) is 2. The number of carbonyl (C=O) groups excluding carboxylic acids is 1. The molecule has 3 N–H and O–H groups in total. The summed E-state index contributed by atoms with van der Waals surface area (Å²) in [5.74, 6) is -0.397. The van der Waals surface area contributed by atoms with E-state index in [-0.39, 0.29) is 0 Å². The first kappa shape index (κ1) is 15.1. The van der Waals surface area contributed by atoms with Gasteiger partial charge in [0.15, 0.2) is 0 Å². The number of carbonyl (C=O) groups is 1. The Kier molecular flexibility index (Phi) is 4.03. The van der Waals surface area contributed by atoms with Crippen LogP contribution < -0.4 is 11.1 Å². The summed E-state index contributed by atoms with van der Waals surface area (Å²) in [6.07, 6.45) is 0. The number of benzene rings is 2. The Balaban J connectivity index is 2.42. The van der Waals surface area contributed by atoms with Crippen molar-refractivity contribution in [3.8, 4) is 0 Å². The first-order chi connectivity index (χ1) is 9.83. The molecule has 0 bridgehead atoms. The van der Waals surface area contributed by atoms with E-state index in [4.69, 9.17) is 5.73 Å². The molecule has 0 spiro atoms. The molecule has 21 heavy (non-hydrogen) atoms. The maximum absolute atomic E-state index is 12.0. The Hall–Kier alpha value is -2.29. The molecule has 0 fully saturated rings. The summed E-state index contributed by atoms with van der Waals surface area (Å²) in [4.78, 5) is 12.0. The molecule has 2 aromatic rings. The maximum Gasteiger partial charge on any atom is 0.247 e. The second-order valence-electron chi connectivity index (χ2n) is 5.78. The predicted octanol–water partition coefficient (Wildman–Crippen LogP) is 3.42. The third kappa shape index (κ3) is 3.07. The molecule has 0 saturated carbocycles. The molecule has 110 valence electrons. The van der Waals surface area contributed by atoms with Crippen molar-refractivity contribution in [1.29, 1.82) is 0 Å². The number of nitrogens with one attached hydrogen (secondary N) is 1. The van der Waals surface area contributed by atoms with Crippen LogP contribution >= 0.6 is 0 Å². The zero-order valence-electron chi connectivity index (χ0n) is 13.0. The van der Waals surface area contributed by atoms with E-state index in [0.29, 0.717) is 0 Å². The van der Waals surface area contributed by atoms with Crippen LogP contribution in [-0.4, -0.2) is 5.91 Å². The Bertz CT molecular complexity index is 661. The van der Waals surface area contributed by atoms with Gasteiger partial charge in [0.05, 0.1) is 0 Å². The van der Waals surface area contributed by atoms with Crippen molar-refractivity contribution in [2.75, 3.05) is 5.32 Å². The number of aryl methyl sites for hydroxylation is 3. The molecule has 0 aliphatic carbocycles. The van der Waals surface area contributed by atoms with Gasteiger partial charge in [-0.05, 0) is 56.5 Å². The van der Waals surface area contributed by atoms with E-state index in [2.05, 4.69) is 5.32 Å². The highest BCUT2D eigenvalue weighted by molar-refractivity contribution is 5.89. The third-order valence-electron chi connectivity index (χ3n) is 4.02. The molecule has 2 rings (SSSR count). The monoisotopic (exact) mass is 282 g/mol. The highest BCUT2D eigenvalue weighted by Gasteiger charge is 2.33. The number of primary amides is 1. The number of nitrogens with two attached hydrogens (primary N) is 1. The van der Waals surface area contributed by atoms with Gasteiger partial charge in [0, 0.05) is 5.69 Å². The molecule has 0 aliphatic rings. The topological polar surface area (TPSA) is 55.1 Å². The minimum Gasteiger partial charge on any atom is -0.368 e. The van der Waals surface area contributed by atoms with E-state index >= 15 is 0 Å². The lowest BCUT2D eigenvalue weighted by Crippen LogP contribution is -2.45. The van der Waals surface area contributed by atoms with Crippen molar-refractivity contribution in [3.05, 3.63) is 64.7 Å². The summed E-state index contributed by atoms with van der Waals surface area (Å²) in [6, 6.07) is 13.9. The third-order valence-corrected chi connectivity index (χ3v) is 4.02. The summed E-state index contributed by atoms with van der Waals surface area (Å²) in [5, 5.41) is 3.27. The van der Waals surface area contributed by atoms with Crippen LogP contribution in [0.3, 0.4) is 0 Å². The quantitative estimate of drug-likeness (QED) is 0.902. The fraction of sp³-hybridized carbons (Fsp3) is 0.278. The molecule has 2 aromatic carbocycles. The number of hydrogen-bond acceptors (Lipinski definition) is 2. The van der Waals surface area contributed by atoms with Crippen LogP contribution in [0.15, 0.2) is 42.5 Å². The van der Waals surface area contributed by atoms with E-state index in [0.717, 1.165) is 16.8 Å². The first-order valence-corrected chi connectivity index (χ1v) is 7.05. The number of anilines is 1. The van der Waals surface area contributed by atoms with Crippen LogP contribution in [0.1, 0.15) is 29.2 Å². The van der Waals surface area contributed by atoms with Gasteiger partial charge < -0.3 is 11.1 Å². The lowest BCUT2D eigenvalue weighted by atomic mass is 9.88. The molecule has 1 atom stereocenters. The summed E-state index contributed by atoms with van der Waals surface area (Å²) < 4.78 is 0. The van der Waals surface area contributed by atoms with Gasteiger partial charge in [0.2, 0.25) is 5.91 Å². The van der Waals surface area contributed by atoms with Gasteiger partial charge in [0.25, 0.3) is 0 Å². The summed E-state index contributed by atoms with van der Waals surface area (Å²) in [5.41, 5.74) is 9.99. The van der Waals surface area contributed by atoms with Crippen molar-refractivity contribution < 1.29 is 4.79 Å². The summed E-state index contributed by atoms with van der Waals surface area (Å²) in [7, 11) is 0. The Labute approximate surface area is 126 Å². The molecule has 0 aliphatic heterocycles. The molecule has 0 aromatic heterocycles. The maximum atomic E-state index is 12.0. The van der Waals surface area contributed by atoms with Gasteiger partial charge in [-0.15, -0.1) is 0 Å². The van der Waals surface area contributed by atoms with E-state index in [1.165, 1.54) is 11.1 Å². The van der Waals surface area contributed by atoms with E-state index < -0.39 is 11.4 Å². The molecule has 1 amide bonds. The van der Waals surface area contributed by atoms with Crippen LogP contribution in [0.5, 0.6) is 0 Å². The van der Waals surface area contributed by atoms with E-state index in [1.807, 2.05) is 70.2 Å².